The molecular weight excluding hydrogens is 298 g/mol. The van der Waals surface area contributed by atoms with Crippen molar-refractivity contribution >= 4 is 23.6 Å². The molecule has 2 heterocycles. The lowest BCUT2D eigenvalue weighted by Crippen LogP contribution is -2.33. The number of hydrogen-bond donors (Lipinski definition) is 1. The average Bonchev–Trinajstić information content (AvgIpc) is 3.14. The maximum absolute atomic E-state index is 11.7. The minimum Gasteiger partial charge on any atom is -0.468 e. The molecule has 2 rings (SSSR count). The highest BCUT2D eigenvalue weighted by Crippen LogP contribution is 2.14. The molecule has 1 amide bonds. The molecule has 116 valence electrons. The van der Waals surface area contributed by atoms with Crippen molar-refractivity contribution in [2.75, 3.05) is 26.0 Å². The molecule has 1 saturated heterocycles. The van der Waals surface area contributed by atoms with E-state index in [4.69, 9.17) is 4.74 Å². The number of hydrogen-bond acceptors (Lipinski definition) is 8. The second-order valence-electron chi connectivity index (χ2n) is 4.42. The number of carbonyl (C=O) groups excluding carboxylic acids is 2. The number of thioether (sulfide) groups is 1. The largest absolute Gasteiger partial charge is 0.468 e. The molecule has 0 bridgehead atoms. The number of amides is 1. The highest BCUT2D eigenvalue weighted by molar-refractivity contribution is 7.99. The van der Waals surface area contributed by atoms with E-state index in [1.165, 1.54) is 11.8 Å². The van der Waals surface area contributed by atoms with Crippen molar-refractivity contribution in [2.24, 2.45) is 0 Å². The Balaban J connectivity index is 1.73. The van der Waals surface area contributed by atoms with Crippen LogP contribution in [0.2, 0.25) is 0 Å². The van der Waals surface area contributed by atoms with Crippen molar-refractivity contribution in [3.8, 4) is 0 Å². The zero-order valence-electron chi connectivity index (χ0n) is 11.7. The van der Waals surface area contributed by atoms with Gasteiger partial charge in [-0.3, -0.25) is 9.59 Å². The van der Waals surface area contributed by atoms with E-state index >= 15 is 0 Å². The van der Waals surface area contributed by atoms with Crippen LogP contribution >= 0.6 is 11.8 Å². The Morgan fingerprint density at radius 2 is 2.43 bits per heavy atom. The smallest absolute Gasteiger partial charge is 0.327 e. The van der Waals surface area contributed by atoms with Crippen molar-refractivity contribution in [1.29, 1.82) is 0 Å². The first-order valence-corrected chi connectivity index (χ1v) is 7.51. The van der Waals surface area contributed by atoms with Gasteiger partial charge < -0.3 is 14.8 Å². The Kier molecular flexibility index (Phi) is 5.93. The van der Waals surface area contributed by atoms with Gasteiger partial charge in [-0.25, -0.2) is 4.68 Å². The molecule has 1 atom stereocenters. The maximum atomic E-state index is 11.7. The third-order valence-corrected chi connectivity index (χ3v) is 3.85. The van der Waals surface area contributed by atoms with Gasteiger partial charge in [0.05, 0.1) is 19.0 Å². The number of aromatic nitrogens is 4. The van der Waals surface area contributed by atoms with Crippen molar-refractivity contribution in [3.63, 3.8) is 0 Å². The summed E-state index contributed by atoms with van der Waals surface area (Å²) in [5.74, 6) is -0.399. The molecule has 1 unspecified atom stereocenters. The molecule has 9 nitrogen and oxygen atoms in total. The molecule has 1 aliphatic heterocycles. The van der Waals surface area contributed by atoms with Gasteiger partial charge in [0.1, 0.15) is 6.54 Å². The zero-order chi connectivity index (χ0) is 15.1. The summed E-state index contributed by atoms with van der Waals surface area (Å²) in [5, 5.41) is 14.1. The monoisotopic (exact) mass is 315 g/mol. The van der Waals surface area contributed by atoms with Crippen LogP contribution in [-0.2, 0) is 25.6 Å². The van der Waals surface area contributed by atoms with E-state index in [2.05, 4.69) is 25.6 Å². The Morgan fingerprint density at radius 1 is 1.57 bits per heavy atom. The molecule has 21 heavy (non-hydrogen) atoms. The number of ether oxygens (including phenoxy) is 2. The standard InChI is InChI=1S/C11H17N5O4S/c1-19-10(18)6-16-11(13-14-15-16)21-7-9(17)12-5-8-3-2-4-20-8/h8H,2-7H2,1H3,(H,12,17). The Morgan fingerprint density at radius 3 is 3.14 bits per heavy atom. The molecular formula is C11H17N5O4S. The Hall–Kier alpha value is -1.68. The summed E-state index contributed by atoms with van der Waals surface area (Å²) in [4.78, 5) is 22.9. The summed E-state index contributed by atoms with van der Waals surface area (Å²) in [7, 11) is 1.29. The predicted molar refractivity (Wildman–Crippen MR) is 72.5 cm³/mol. The van der Waals surface area contributed by atoms with Crippen LogP contribution in [-0.4, -0.2) is 64.2 Å². The number of tetrazole rings is 1. The van der Waals surface area contributed by atoms with Crippen LogP contribution in [0.15, 0.2) is 5.16 Å². The van der Waals surface area contributed by atoms with E-state index < -0.39 is 5.97 Å². The van der Waals surface area contributed by atoms with Gasteiger partial charge in [0.15, 0.2) is 0 Å². The van der Waals surface area contributed by atoms with Gasteiger partial charge in [-0.2, -0.15) is 0 Å². The van der Waals surface area contributed by atoms with Crippen molar-refractivity contribution in [2.45, 2.75) is 30.6 Å². The summed E-state index contributed by atoms with van der Waals surface area (Å²) in [6.45, 7) is 1.20. The predicted octanol–water partition coefficient (Wildman–Crippen LogP) is -0.767. The van der Waals surface area contributed by atoms with Crippen molar-refractivity contribution < 1.29 is 19.1 Å². The van der Waals surface area contributed by atoms with Crippen LogP contribution in [0.3, 0.4) is 0 Å². The number of methoxy groups -OCH3 is 1. The fourth-order valence-electron chi connectivity index (χ4n) is 1.80. The molecule has 0 aliphatic carbocycles. The van der Waals surface area contributed by atoms with Crippen molar-refractivity contribution in [1.82, 2.24) is 25.5 Å². The van der Waals surface area contributed by atoms with Gasteiger partial charge in [-0.1, -0.05) is 11.8 Å². The summed E-state index contributed by atoms with van der Waals surface area (Å²) in [6.07, 6.45) is 2.13. The fraction of sp³-hybridized carbons (Fsp3) is 0.727. The summed E-state index contributed by atoms with van der Waals surface area (Å²) < 4.78 is 11.3. The van der Waals surface area contributed by atoms with Gasteiger partial charge >= 0.3 is 5.97 Å². The normalized spacial score (nSPS) is 17.7. The van der Waals surface area contributed by atoms with Crippen LogP contribution in [0.25, 0.3) is 0 Å². The number of nitrogens with zero attached hydrogens (tertiary/aromatic N) is 4. The number of carbonyl (C=O) groups is 2. The molecule has 10 heteroatoms. The SMILES string of the molecule is COC(=O)Cn1nnnc1SCC(=O)NCC1CCCO1. The van der Waals surface area contributed by atoms with Crippen LogP contribution in [0.5, 0.6) is 0 Å². The van der Waals surface area contributed by atoms with Crippen LogP contribution in [0.4, 0.5) is 0 Å². The van der Waals surface area contributed by atoms with Gasteiger partial charge in [-0.15, -0.1) is 5.10 Å². The Bertz CT molecular complexity index is 489. The van der Waals surface area contributed by atoms with Gasteiger partial charge in [0, 0.05) is 13.2 Å². The first kappa shape index (κ1) is 15.7. The number of esters is 1. The first-order valence-electron chi connectivity index (χ1n) is 6.53. The van der Waals surface area contributed by atoms with E-state index in [0.29, 0.717) is 11.7 Å². The quantitative estimate of drug-likeness (QED) is 0.516. The van der Waals surface area contributed by atoms with Crippen LogP contribution in [0.1, 0.15) is 12.8 Å². The van der Waals surface area contributed by atoms with Gasteiger partial charge in [-0.05, 0) is 23.3 Å². The third kappa shape index (κ3) is 4.97. The minimum atomic E-state index is -0.452. The second-order valence-corrected chi connectivity index (χ2v) is 5.37. The molecule has 0 aromatic carbocycles. The molecule has 1 aromatic heterocycles. The van der Waals surface area contributed by atoms with E-state index in [1.54, 1.807) is 0 Å². The molecule has 1 aromatic rings. The average molecular weight is 315 g/mol. The molecule has 1 aliphatic rings. The molecule has 1 fully saturated rings. The first-order chi connectivity index (χ1) is 10.2. The molecule has 1 N–H and O–H groups in total. The van der Waals surface area contributed by atoms with E-state index in [1.807, 2.05) is 0 Å². The number of nitrogens with one attached hydrogen (secondary N) is 1. The second kappa shape index (κ2) is 7.93. The molecule has 0 spiro atoms. The number of rotatable bonds is 7. The van der Waals surface area contributed by atoms with E-state index in [9.17, 15) is 9.59 Å². The Labute approximate surface area is 125 Å². The lowest BCUT2D eigenvalue weighted by Gasteiger charge is -2.10. The fourth-order valence-corrected chi connectivity index (χ4v) is 2.51. The minimum absolute atomic E-state index is 0.0800. The van der Waals surface area contributed by atoms with Gasteiger partial charge in [0.2, 0.25) is 11.1 Å². The van der Waals surface area contributed by atoms with Crippen LogP contribution in [0, 0.1) is 0 Å². The highest BCUT2D eigenvalue weighted by Gasteiger charge is 2.17. The zero-order valence-corrected chi connectivity index (χ0v) is 12.5. The summed E-state index contributed by atoms with van der Waals surface area (Å²) >= 11 is 1.16. The summed E-state index contributed by atoms with van der Waals surface area (Å²) in [6, 6.07) is 0. The third-order valence-electron chi connectivity index (χ3n) is 2.89. The van der Waals surface area contributed by atoms with Gasteiger partial charge in [0.25, 0.3) is 0 Å². The maximum Gasteiger partial charge on any atom is 0.327 e. The van der Waals surface area contributed by atoms with Crippen molar-refractivity contribution in [3.05, 3.63) is 0 Å². The van der Waals surface area contributed by atoms with E-state index in [0.717, 1.165) is 31.2 Å². The molecule has 0 saturated carbocycles. The molecule has 0 radical (unpaired) electrons. The van der Waals surface area contributed by atoms with E-state index in [-0.39, 0.29) is 24.3 Å². The van der Waals surface area contributed by atoms with Crippen LogP contribution < -0.4 is 5.32 Å². The lowest BCUT2D eigenvalue weighted by molar-refractivity contribution is -0.141. The highest BCUT2D eigenvalue weighted by atomic mass is 32.2. The topological polar surface area (TPSA) is 108 Å². The lowest BCUT2D eigenvalue weighted by atomic mass is 10.2. The summed E-state index contributed by atoms with van der Waals surface area (Å²) in [5.41, 5.74) is 0.